The molecule has 38 heavy (non-hydrogen) atoms. The molecule has 2 aromatic carbocycles. The maximum atomic E-state index is 13.7. The van der Waals surface area contributed by atoms with Gasteiger partial charge in [0.05, 0.1) is 5.54 Å². The molecular weight excluding hydrogens is 487 g/mol. The van der Waals surface area contributed by atoms with Gasteiger partial charge >= 0.3 is 6.03 Å². The number of aryl methyl sites for hydroxylation is 1. The Morgan fingerprint density at radius 2 is 1.53 bits per heavy atom. The average Bonchev–Trinajstić information content (AvgIpc) is 2.91. The summed E-state index contributed by atoms with van der Waals surface area (Å²) in [5.41, 5.74) is 11.3. The molecule has 2 atom stereocenters. The summed E-state index contributed by atoms with van der Waals surface area (Å²) in [5.74, 6) is -3.87. The van der Waals surface area contributed by atoms with Crippen molar-refractivity contribution >= 4 is 23.8 Å². The molecule has 4 N–H and O–H groups in total. The van der Waals surface area contributed by atoms with Crippen LogP contribution in [-0.4, -0.2) is 34.2 Å². The van der Waals surface area contributed by atoms with Crippen LogP contribution in [0.5, 0.6) is 0 Å². The van der Waals surface area contributed by atoms with Crippen molar-refractivity contribution in [3.8, 4) is 0 Å². The van der Waals surface area contributed by atoms with E-state index in [9.17, 15) is 23.6 Å². The van der Waals surface area contributed by atoms with Gasteiger partial charge in [-0.15, -0.1) is 0 Å². The van der Waals surface area contributed by atoms with Crippen LogP contribution in [0.3, 0.4) is 0 Å². The topological polar surface area (TPSA) is 122 Å². The fourth-order valence-electron chi connectivity index (χ4n) is 4.71. The second kappa shape index (κ2) is 13.3. The van der Waals surface area contributed by atoms with Gasteiger partial charge in [-0.2, -0.15) is 4.90 Å². The van der Waals surface area contributed by atoms with E-state index >= 15 is 0 Å². The van der Waals surface area contributed by atoms with Crippen LogP contribution in [-0.2, 0) is 27.2 Å². The number of benzene rings is 2. The minimum absolute atomic E-state index is 0.129. The zero-order chi connectivity index (χ0) is 27.7. The smallest absolute Gasteiger partial charge is 0.317 e. The Balaban J connectivity index is 1.73. The van der Waals surface area contributed by atoms with E-state index in [1.807, 2.05) is 30.3 Å². The highest BCUT2D eigenvalue weighted by atomic mass is 19.1. The Bertz CT molecular complexity index is 1130. The van der Waals surface area contributed by atoms with Crippen molar-refractivity contribution in [3.63, 3.8) is 0 Å². The molecule has 1 fully saturated rings. The van der Waals surface area contributed by atoms with E-state index in [1.54, 1.807) is 19.9 Å². The Kier molecular flexibility index (Phi) is 10.1. The van der Waals surface area contributed by atoms with Gasteiger partial charge in [0.25, 0.3) is 5.91 Å². The van der Waals surface area contributed by atoms with Crippen molar-refractivity contribution in [3.05, 3.63) is 71.5 Å². The van der Waals surface area contributed by atoms with Gasteiger partial charge in [0, 0.05) is 11.8 Å². The van der Waals surface area contributed by atoms with Crippen molar-refractivity contribution in [2.45, 2.75) is 70.8 Å². The molecular formula is C29H37FN4O4. The number of nitrogens with zero attached hydrogens (tertiary/aromatic N) is 1. The summed E-state index contributed by atoms with van der Waals surface area (Å²) in [4.78, 5) is 53.3. The number of carbonyl (C=O) groups excluding carboxylic acids is 4. The number of carbonyl (C=O) groups is 4. The normalized spacial score (nSPS) is 16.1. The quantitative estimate of drug-likeness (QED) is 0.450. The summed E-state index contributed by atoms with van der Waals surface area (Å²) in [6.45, 7) is 3.23. The second-order valence-corrected chi connectivity index (χ2v) is 10.3. The number of urea groups is 1. The molecule has 0 saturated heterocycles. The first-order valence-corrected chi connectivity index (χ1v) is 13.2. The van der Waals surface area contributed by atoms with Crippen LogP contribution >= 0.6 is 0 Å². The Morgan fingerprint density at radius 3 is 2.18 bits per heavy atom. The molecule has 0 aromatic heterocycles. The van der Waals surface area contributed by atoms with Gasteiger partial charge < -0.3 is 5.73 Å². The number of rotatable bonds is 8. The molecule has 1 aliphatic rings. The molecule has 0 radical (unpaired) electrons. The van der Waals surface area contributed by atoms with Crippen molar-refractivity contribution in [1.82, 2.24) is 15.8 Å². The van der Waals surface area contributed by atoms with Crippen molar-refractivity contribution in [2.24, 2.45) is 17.6 Å². The summed E-state index contributed by atoms with van der Waals surface area (Å²) >= 11 is 0. The van der Waals surface area contributed by atoms with E-state index in [2.05, 4.69) is 10.9 Å². The standard InChI is InChI=1S/C29H37FN4O4/c1-20(14-15-22-10-5-3-6-11-22)25(35)34(26(36)21(2)18-23-12-9-13-24(30)19-23)28(38)33-32-27(37)29(31)16-7-4-8-17-29/h3,5-6,9-13,19-21H,4,7-8,14-18,31H2,1-2H3,(H,32,37)(H,33,38). The predicted octanol–water partition coefficient (Wildman–Crippen LogP) is 4.03. The molecule has 2 unspecified atom stereocenters. The number of hydrazine groups is 1. The zero-order valence-corrected chi connectivity index (χ0v) is 22.0. The number of nitrogens with two attached hydrogens (primary N) is 1. The van der Waals surface area contributed by atoms with Crippen molar-refractivity contribution < 1.29 is 23.6 Å². The Morgan fingerprint density at radius 1 is 0.895 bits per heavy atom. The third kappa shape index (κ3) is 7.71. The molecule has 8 nitrogen and oxygen atoms in total. The summed E-state index contributed by atoms with van der Waals surface area (Å²) in [6.07, 6.45) is 4.69. The molecule has 9 heteroatoms. The number of amides is 5. The molecule has 2 aromatic rings. The first-order chi connectivity index (χ1) is 18.1. The maximum absolute atomic E-state index is 13.7. The van der Waals surface area contributed by atoms with Gasteiger partial charge in [-0.1, -0.05) is 75.6 Å². The largest absolute Gasteiger partial charge is 0.349 e. The van der Waals surface area contributed by atoms with Crippen LogP contribution in [0.4, 0.5) is 9.18 Å². The molecule has 1 aliphatic carbocycles. The molecule has 3 rings (SSSR count). The molecule has 0 bridgehead atoms. The highest BCUT2D eigenvalue weighted by molar-refractivity contribution is 6.11. The van der Waals surface area contributed by atoms with Crippen molar-refractivity contribution in [2.75, 3.05) is 0 Å². The summed E-state index contributed by atoms with van der Waals surface area (Å²) < 4.78 is 13.7. The van der Waals surface area contributed by atoms with Crippen LogP contribution in [0.1, 0.15) is 63.5 Å². The zero-order valence-electron chi connectivity index (χ0n) is 22.0. The van der Waals surface area contributed by atoms with E-state index in [0.29, 0.717) is 36.1 Å². The molecule has 1 saturated carbocycles. The van der Waals surface area contributed by atoms with Crippen molar-refractivity contribution in [1.29, 1.82) is 0 Å². The first-order valence-electron chi connectivity index (χ1n) is 13.2. The van der Waals surface area contributed by atoms with Crippen LogP contribution in [0.25, 0.3) is 0 Å². The Hall–Kier alpha value is -3.59. The van der Waals surface area contributed by atoms with Gasteiger partial charge in [-0.25, -0.2) is 14.6 Å². The minimum atomic E-state index is -1.11. The number of hydrogen-bond acceptors (Lipinski definition) is 5. The van der Waals surface area contributed by atoms with Gasteiger partial charge in [-0.3, -0.25) is 19.8 Å². The average molecular weight is 525 g/mol. The van der Waals surface area contributed by atoms with E-state index in [1.165, 1.54) is 18.2 Å². The number of imide groups is 3. The number of halogens is 1. The van der Waals surface area contributed by atoms with Gasteiger partial charge in [-0.05, 0) is 55.4 Å². The predicted molar refractivity (Wildman–Crippen MR) is 142 cm³/mol. The van der Waals surface area contributed by atoms with E-state index in [0.717, 1.165) is 24.8 Å². The number of hydrogen-bond donors (Lipinski definition) is 3. The molecule has 0 aliphatic heterocycles. The third-order valence-electron chi connectivity index (χ3n) is 7.11. The van der Waals surface area contributed by atoms with Crippen LogP contribution in [0, 0.1) is 17.7 Å². The molecule has 0 spiro atoms. The lowest BCUT2D eigenvalue weighted by molar-refractivity contribution is -0.145. The van der Waals surface area contributed by atoms with E-state index in [4.69, 9.17) is 5.73 Å². The third-order valence-corrected chi connectivity index (χ3v) is 7.11. The monoisotopic (exact) mass is 524 g/mol. The van der Waals surface area contributed by atoms with Gasteiger partial charge in [0.2, 0.25) is 11.8 Å². The van der Waals surface area contributed by atoms with Gasteiger partial charge in [0.15, 0.2) is 0 Å². The lowest BCUT2D eigenvalue weighted by Crippen LogP contribution is -2.61. The van der Waals surface area contributed by atoms with E-state index < -0.39 is 46.9 Å². The summed E-state index contributed by atoms with van der Waals surface area (Å²) in [5, 5.41) is 0. The van der Waals surface area contributed by atoms with Gasteiger partial charge in [0.1, 0.15) is 5.82 Å². The highest BCUT2D eigenvalue weighted by Crippen LogP contribution is 2.26. The minimum Gasteiger partial charge on any atom is -0.317 e. The summed E-state index contributed by atoms with van der Waals surface area (Å²) in [6, 6.07) is 14.3. The van der Waals surface area contributed by atoms with Crippen LogP contribution in [0.15, 0.2) is 54.6 Å². The Labute approximate surface area is 223 Å². The first kappa shape index (κ1) is 29.0. The maximum Gasteiger partial charge on any atom is 0.349 e. The van der Waals surface area contributed by atoms with Crippen LogP contribution in [0.2, 0.25) is 0 Å². The lowest BCUT2D eigenvalue weighted by atomic mass is 9.82. The SMILES string of the molecule is CC(CCc1ccccc1)C(=O)N(C(=O)NNC(=O)C1(N)CCCCC1)C(=O)C(C)Cc1cccc(F)c1. The molecule has 0 heterocycles. The number of nitrogens with one attached hydrogen (secondary N) is 2. The second-order valence-electron chi connectivity index (χ2n) is 10.3. The molecule has 204 valence electrons. The summed E-state index contributed by atoms with van der Waals surface area (Å²) in [7, 11) is 0. The van der Waals surface area contributed by atoms with E-state index in [-0.39, 0.29) is 6.42 Å². The molecule has 5 amide bonds. The fourth-order valence-corrected chi connectivity index (χ4v) is 4.71. The highest BCUT2D eigenvalue weighted by Gasteiger charge is 2.38. The lowest BCUT2D eigenvalue weighted by Gasteiger charge is -2.32. The van der Waals surface area contributed by atoms with Crippen LogP contribution < -0.4 is 16.6 Å². The fraction of sp³-hybridized carbons (Fsp3) is 0.448.